The molecule has 0 unspecified atom stereocenters. The molecule has 168 valence electrons. The van der Waals surface area contributed by atoms with Crippen LogP contribution < -0.4 is 15.5 Å². The number of carbonyl (C=O) groups excluding carboxylic acids is 1. The minimum atomic E-state index is -0.224. The van der Waals surface area contributed by atoms with Gasteiger partial charge in [-0.1, -0.05) is 18.2 Å². The lowest BCUT2D eigenvalue weighted by Gasteiger charge is -2.19. The molecule has 1 aromatic heterocycles. The molecule has 0 aliphatic carbocycles. The van der Waals surface area contributed by atoms with E-state index in [1.165, 1.54) is 4.90 Å². The number of rotatable bonds is 10. The number of carbonyl (C=O) groups is 1. The van der Waals surface area contributed by atoms with Gasteiger partial charge in [-0.3, -0.25) is 0 Å². The van der Waals surface area contributed by atoms with Gasteiger partial charge in [0.05, 0.1) is 12.3 Å². The maximum absolute atomic E-state index is 11.7. The maximum Gasteiger partial charge on any atom is 0.319 e. The lowest BCUT2D eigenvalue weighted by Crippen LogP contribution is -2.28. The normalized spacial score (nSPS) is 10.6. The number of amides is 2. The van der Waals surface area contributed by atoms with Crippen LogP contribution in [0.15, 0.2) is 65.6 Å². The van der Waals surface area contributed by atoms with Gasteiger partial charge in [0.2, 0.25) is 0 Å². The molecule has 0 aliphatic heterocycles. The third-order valence-electron chi connectivity index (χ3n) is 4.66. The Hall–Kier alpha value is -3.10. The van der Waals surface area contributed by atoms with Crippen LogP contribution in [0.4, 0.5) is 16.3 Å². The number of ether oxygens (including phenoxy) is 1. The van der Waals surface area contributed by atoms with Crippen LogP contribution in [0.2, 0.25) is 0 Å². The number of hydrogen-bond acceptors (Lipinski definition) is 6. The Morgan fingerprint density at radius 1 is 1.09 bits per heavy atom. The third-order valence-corrected chi connectivity index (χ3v) is 5.70. The summed E-state index contributed by atoms with van der Waals surface area (Å²) in [5.74, 6) is 2.24. The summed E-state index contributed by atoms with van der Waals surface area (Å²) >= 11 is 1.74. The molecule has 3 rings (SSSR count). The number of hydrogen-bond donors (Lipinski definition) is 2. The number of nitrogens with zero attached hydrogens (tertiary/aromatic N) is 3. The molecule has 2 N–H and O–H groups in total. The molecule has 0 radical (unpaired) electrons. The molecule has 0 saturated carbocycles. The zero-order valence-electron chi connectivity index (χ0n) is 18.7. The predicted octanol–water partition coefficient (Wildman–Crippen LogP) is 4.66. The number of anilines is 2. The number of likely N-dealkylation sites (N-methyl/N-ethyl adjacent to an activating group) is 1. The Bertz CT molecular complexity index is 999. The van der Waals surface area contributed by atoms with E-state index in [0.717, 1.165) is 29.4 Å². The summed E-state index contributed by atoms with van der Waals surface area (Å²) in [7, 11) is 3.69. The van der Waals surface area contributed by atoms with Crippen LogP contribution >= 0.6 is 11.8 Å². The van der Waals surface area contributed by atoms with E-state index in [2.05, 4.69) is 27.7 Å². The van der Waals surface area contributed by atoms with E-state index in [0.29, 0.717) is 24.7 Å². The fourth-order valence-electron chi connectivity index (χ4n) is 2.94. The zero-order valence-corrected chi connectivity index (χ0v) is 19.5. The summed E-state index contributed by atoms with van der Waals surface area (Å²) in [5.41, 5.74) is 2.56. The molecule has 7 nitrogen and oxygen atoms in total. The van der Waals surface area contributed by atoms with Crippen molar-refractivity contribution in [3.8, 4) is 11.4 Å². The van der Waals surface area contributed by atoms with Gasteiger partial charge in [0.25, 0.3) is 0 Å². The van der Waals surface area contributed by atoms with Crippen LogP contribution in [0, 0.1) is 0 Å². The van der Waals surface area contributed by atoms with Gasteiger partial charge in [-0.15, -0.1) is 11.8 Å². The van der Waals surface area contributed by atoms with Gasteiger partial charge < -0.3 is 20.3 Å². The molecule has 0 atom stereocenters. The third kappa shape index (κ3) is 6.96. The van der Waals surface area contributed by atoms with Gasteiger partial charge in [0, 0.05) is 55.2 Å². The molecular formula is C24H29N5O2S. The molecule has 32 heavy (non-hydrogen) atoms. The van der Waals surface area contributed by atoms with E-state index >= 15 is 0 Å². The average molecular weight is 452 g/mol. The van der Waals surface area contributed by atoms with E-state index in [9.17, 15) is 4.79 Å². The van der Waals surface area contributed by atoms with Crippen molar-refractivity contribution < 1.29 is 9.53 Å². The van der Waals surface area contributed by atoms with Crippen LogP contribution in [0.5, 0.6) is 0 Å². The fraction of sp³-hybridized carbons (Fsp3) is 0.292. The topological polar surface area (TPSA) is 79.4 Å². The fourth-order valence-corrected chi connectivity index (χ4v) is 3.75. The van der Waals surface area contributed by atoms with Gasteiger partial charge in [-0.25, -0.2) is 14.8 Å². The number of nitrogens with one attached hydrogen (secondary N) is 2. The van der Waals surface area contributed by atoms with Crippen LogP contribution in [0.25, 0.3) is 11.4 Å². The Morgan fingerprint density at radius 3 is 2.53 bits per heavy atom. The van der Waals surface area contributed by atoms with Crippen LogP contribution in [-0.2, 0) is 10.5 Å². The summed E-state index contributed by atoms with van der Waals surface area (Å²) in [6, 6.07) is 19.6. The van der Waals surface area contributed by atoms with E-state index in [4.69, 9.17) is 14.7 Å². The Balaban J connectivity index is 1.83. The van der Waals surface area contributed by atoms with Crippen LogP contribution in [-0.4, -0.2) is 49.9 Å². The number of aromatic nitrogens is 2. The largest absolute Gasteiger partial charge is 0.383 e. The second-order valence-corrected chi connectivity index (χ2v) is 8.17. The standard InChI is InChI=1S/C24H29N5O2S/c1-4-25-24(30)27-19-12-10-18(11-13-19)23-26-20(17-32-21-8-6-5-7-9-21)16-22(28-23)29(2)14-15-31-3/h5-13,16H,4,14-15,17H2,1-3H3,(H2,25,27,30). The van der Waals surface area contributed by atoms with Crippen molar-refractivity contribution in [1.29, 1.82) is 0 Å². The van der Waals surface area contributed by atoms with Gasteiger partial charge in [-0.05, 0) is 43.3 Å². The Kier molecular flexibility index (Phi) is 8.89. The maximum atomic E-state index is 11.7. The van der Waals surface area contributed by atoms with Crippen LogP contribution in [0.1, 0.15) is 12.6 Å². The van der Waals surface area contributed by atoms with Gasteiger partial charge in [-0.2, -0.15) is 0 Å². The lowest BCUT2D eigenvalue weighted by molar-refractivity contribution is 0.206. The second-order valence-electron chi connectivity index (χ2n) is 7.12. The molecule has 0 fully saturated rings. The first-order chi connectivity index (χ1) is 15.6. The molecule has 1 heterocycles. The lowest BCUT2D eigenvalue weighted by atomic mass is 10.2. The minimum absolute atomic E-state index is 0.224. The van der Waals surface area contributed by atoms with Crippen molar-refractivity contribution in [2.75, 3.05) is 44.1 Å². The van der Waals surface area contributed by atoms with E-state index in [1.54, 1.807) is 18.9 Å². The molecule has 3 aromatic rings. The highest BCUT2D eigenvalue weighted by atomic mass is 32.2. The van der Waals surface area contributed by atoms with Gasteiger partial charge in [0.15, 0.2) is 5.82 Å². The average Bonchev–Trinajstić information content (AvgIpc) is 2.82. The van der Waals surface area contributed by atoms with E-state index in [-0.39, 0.29) is 6.03 Å². The molecule has 0 bridgehead atoms. The number of benzene rings is 2. The van der Waals surface area contributed by atoms with Crippen molar-refractivity contribution in [3.05, 3.63) is 66.4 Å². The first-order valence-electron chi connectivity index (χ1n) is 10.5. The van der Waals surface area contributed by atoms with Gasteiger partial charge in [0.1, 0.15) is 5.82 Å². The van der Waals surface area contributed by atoms with E-state index in [1.807, 2.05) is 62.5 Å². The van der Waals surface area contributed by atoms with Gasteiger partial charge >= 0.3 is 6.03 Å². The highest BCUT2D eigenvalue weighted by Gasteiger charge is 2.11. The molecule has 2 amide bonds. The Morgan fingerprint density at radius 2 is 1.84 bits per heavy atom. The van der Waals surface area contributed by atoms with Crippen molar-refractivity contribution >= 4 is 29.3 Å². The molecule has 0 saturated heterocycles. The number of urea groups is 1. The minimum Gasteiger partial charge on any atom is -0.383 e. The summed E-state index contributed by atoms with van der Waals surface area (Å²) in [4.78, 5) is 24.6. The molecule has 8 heteroatoms. The summed E-state index contributed by atoms with van der Waals surface area (Å²) in [5, 5.41) is 5.53. The van der Waals surface area contributed by atoms with Crippen LogP contribution in [0.3, 0.4) is 0 Å². The smallest absolute Gasteiger partial charge is 0.319 e. The highest BCUT2D eigenvalue weighted by Crippen LogP contribution is 2.26. The van der Waals surface area contributed by atoms with E-state index < -0.39 is 0 Å². The highest BCUT2D eigenvalue weighted by molar-refractivity contribution is 7.98. The quantitative estimate of drug-likeness (QED) is 0.437. The molecule has 0 aliphatic rings. The molecule has 2 aromatic carbocycles. The first-order valence-corrected chi connectivity index (χ1v) is 11.5. The monoisotopic (exact) mass is 451 g/mol. The summed E-state index contributed by atoms with van der Waals surface area (Å²) in [6.45, 7) is 3.80. The van der Waals surface area contributed by atoms with Crippen molar-refractivity contribution in [3.63, 3.8) is 0 Å². The SMILES string of the molecule is CCNC(=O)Nc1ccc(-c2nc(CSc3ccccc3)cc(N(C)CCOC)n2)cc1. The summed E-state index contributed by atoms with van der Waals surface area (Å²) < 4.78 is 5.22. The molecule has 0 spiro atoms. The van der Waals surface area contributed by atoms with Crippen molar-refractivity contribution in [1.82, 2.24) is 15.3 Å². The first kappa shape index (κ1) is 23.6. The van der Waals surface area contributed by atoms with Crippen molar-refractivity contribution in [2.24, 2.45) is 0 Å². The van der Waals surface area contributed by atoms with Crippen molar-refractivity contribution in [2.45, 2.75) is 17.6 Å². The Labute approximate surface area is 193 Å². The predicted molar refractivity (Wildman–Crippen MR) is 131 cm³/mol. The zero-order chi connectivity index (χ0) is 22.8. The second kappa shape index (κ2) is 12.1. The number of thioether (sulfide) groups is 1. The summed E-state index contributed by atoms with van der Waals surface area (Å²) in [6.07, 6.45) is 0. The number of methoxy groups -OCH3 is 1. The molecular weight excluding hydrogens is 422 g/mol.